The van der Waals surface area contributed by atoms with Crippen molar-refractivity contribution in [1.82, 2.24) is 10.9 Å². The summed E-state index contributed by atoms with van der Waals surface area (Å²) in [5.74, 6) is -2.13. The van der Waals surface area contributed by atoms with Crippen molar-refractivity contribution in [1.29, 1.82) is 0 Å². The molecule has 3 aromatic rings. The first-order valence-corrected chi connectivity index (χ1v) is 10.9. The van der Waals surface area contributed by atoms with Crippen LogP contribution in [0.2, 0.25) is 5.02 Å². The summed E-state index contributed by atoms with van der Waals surface area (Å²) in [5, 5.41) is 0.357. The number of rotatable bonds is 6. The van der Waals surface area contributed by atoms with Crippen molar-refractivity contribution in [3.8, 4) is 0 Å². The van der Waals surface area contributed by atoms with Gasteiger partial charge in [-0.25, -0.2) is 8.42 Å². The molecular formula is C21H17ClN4O5S. The SMILES string of the molecule is NC(=O)c1cccc(C(=O)NNC(=O)c2cccc(S(=O)(=O)Nc3cccc(Cl)c3)c2)c1. The predicted octanol–water partition coefficient (Wildman–Crippen LogP) is 2.31. The topological polar surface area (TPSA) is 147 Å². The Bertz CT molecular complexity index is 1310. The number of hydrogen-bond acceptors (Lipinski definition) is 5. The van der Waals surface area contributed by atoms with E-state index in [1.54, 1.807) is 12.1 Å². The zero-order valence-electron chi connectivity index (χ0n) is 16.3. The van der Waals surface area contributed by atoms with Crippen molar-refractivity contribution >= 4 is 45.0 Å². The fourth-order valence-electron chi connectivity index (χ4n) is 2.64. The number of primary amides is 1. The molecule has 0 radical (unpaired) electrons. The lowest BCUT2D eigenvalue weighted by molar-refractivity contribution is 0.0846. The molecule has 0 fully saturated rings. The Hall–Kier alpha value is -3.89. The Kier molecular flexibility index (Phi) is 6.76. The summed E-state index contributed by atoms with van der Waals surface area (Å²) >= 11 is 5.87. The number of hydrazine groups is 1. The van der Waals surface area contributed by atoms with Crippen molar-refractivity contribution < 1.29 is 22.8 Å². The van der Waals surface area contributed by atoms with Crippen LogP contribution < -0.4 is 21.3 Å². The zero-order chi connectivity index (χ0) is 23.3. The van der Waals surface area contributed by atoms with Crippen LogP contribution in [0, 0.1) is 0 Å². The molecule has 5 N–H and O–H groups in total. The number of carbonyl (C=O) groups is 3. The Labute approximate surface area is 188 Å². The van der Waals surface area contributed by atoms with Crippen LogP contribution in [0.3, 0.4) is 0 Å². The van der Waals surface area contributed by atoms with Gasteiger partial charge >= 0.3 is 0 Å². The van der Waals surface area contributed by atoms with Crippen LogP contribution >= 0.6 is 11.6 Å². The standard InChI is InChI=1S/C21H17ClN4O5S/c22-16-7-3-8-17(12-16)26-32(30,31)18-9-2-6-15(11-18)21(29)25-24-20(28)14-5-1-4-13(10-14)19(23)27/h1-12,26H,(H2,23,27)(H,24,28)(H,25,29). The molecule has 9 nitrogen and oxygen atoms in total. The molecule has 11 heteroatoms. The third-order valence-corrected chi connectivity index (χ3v) is 5.80. The van der Waals surface area contributed by atoms with Crippen molar-refractivity contribution in [2.75, 3.05) is 4.72 Å². The first-order chi connectivity index (χ1) is 15.2. The second-order valence-electron chi connectivity index (χ2n) is 6.50. The minimum absolute atomic E-state index is 0.00912. The van der Waals surface area contributed by atoms with Crippen molar-refractivity contribution in [3.63, 3.8) is 0 Å². The number of benzene rings is 3. The number of halogens is 1. The van der Waals surface area contributed by atoms with Gasteiger partial charge in [0, 0.05) is 21.7 Å². The number of nitrogens with two attached hydrogens (primary N) is 1. The third-order valence-electron chi connectivity index (χ3n) is 4.18. The molecule has 0 saturated carbocycles. The van der Waals surface area contributed by atoms with E-state index >= 15 is 0 Å². The van der Waals surface area contributed by atoms with Gasteiger partial charge in [0.05, 0.1) is 10.6 Å². The molecule has 0 aliphatic heterocycles. The Balaban J connectivity index is 1.70. The van der Waals surface area contributed by atoms with Gasteiger partial charge in [-0.05, 0) is 54.6 Å². The number of carbonyl (C=O) groups excluding carboxylic acids is 3. The van der Waals surface area contributed by atoms with Gasteiger partial charge in [0.2, 0.25) is 5.91 Å². The van der Waals surface area contributed by atoms with Gasteiger partial charge in [-0.2, -0.15) is 0 Å². The van der Waals surface area contributed by atoms with Gasteiger partial charge in [-0.1, -0.05) is 29.8 Å². The average molecular weight is 473 g/mol. The van der Waals surface area contributed by atoms with Crippen LogP contribution in [-0.4, -0.2) is 26.1 Å². The quantitative estimate of drug-likeness (QED) is 0.406. The monoisotopic (exact) mass is 472 g/mol. The van der Waals surface area contributed by atoms with Gasteiger partial charge in [0.15, 0.2) is 0 Å². The summed E-state index contributed by atoms with van der Waals surface area (Å²) in [6, 6.07) is 17.0. The normalized spacial score (nSPS) is 10.8. The first kappa shape index (κ1) is 22.8. The van der Waals surface area contributed by atoms with Gasteiger partial charge in [-0.3, -0.25) is 30.0 Å². The van der Waals surface area contributed by atoms with E-state index in [4.69, 9.17) is 17.3 Å². The molecule has 0 saturated heterocycles. The van der Waals surface area contributed by atoms with Crippen LogP contribution in [0.5, 0.6) is 0 Å². The minimum Gasteiger partial charge on any atom is -0.366 e. The second-order valence-corrected chi connectivity index (χ2v) is 8.62. The van der Waals surface area contributed by atoms with Gasteiger partial charge in [0.25, 0.3) is 21.8 Å². The van der Waals surface area contributed by atoms with E-state index in [-0.39, 0.29) is 27.3 Å². The molecule has 3 amide bonds. The van der Waals surface area contributed by atoms with Crippen LogP contribution in [0.4, 0.5) is 5.69 Å². The Morgan fingerprint density at radius 3 is 1.94 bits per heavy atom. The van der Waals surface area contributed by atoms with E-state index in [1.165, 1.54) is 54.6 Å². The molecule has 0 aliphatic rings. The summed E-state index contributed by atoms with van der Waals surface area (Å²) in [6.07, 6.45) is 0. The highest BCUT2D eigenvalue weighted by Gasteiger charge is 2.17. The minimum atomic E-state index is -3.99. The maximum atomic E-state index is 12.6. The van der Waals surface area contributed by atoms with E-state index in [0.29, 0.717) is 5.02 Å². The average Bonchev–Trinajstić information content (AvgIpc) is 2.77. The summed E-state index contributed by atoms with van der Waals surface area (Å²) in [7, 11) is -3.99. The highest BCUT2D eigenvalue weighted by Crippen LogP contribution is 2.20. The molecule has 0 heterocycles. The van der Waals surface area contributed by atoms with Crippen molar-refractivity contribution in [2.24, 2.45) is 5.73 Å². The molecule has 0 aromatic heterocycles. The number of nitrogens with one attached hydrogen (secondary N) is 3. The van der Waals surface area contributed by atoms with Crippen LogP contribution in [0.15, 0.2) is 77.7 Å². The number of hydrogen-bond donors (Lipinski definition) is 4. The largest absolute Gasteiger partial charge is 0.366 e. The molecule has 0 unspecified atom stereocenters. The zero-order valence-corrected chi connectivity index (χ0v) is 17.9. The number of anilines is 1. The van der Waals surface area contributed by atoms with Gasteiger partial charge < -0.3 is 5.73 Å². The van der Waals surface area contributed by atoms with Crippen molar-refractivity contribution in [2.45, 2.75) is 4.90 Å². The molecular weight excluding hydrogens is 456 g/mol. The highest BCUT2D eigenvalue weighted by atomic mass is 35.5. The number of sulfonamides is 1. The lowest BCUT2D eigenvalue weighted by Crippen LogP contribution is -2.41. The summed E-state index contributed by atoms with van der Waals surface area (Å²) in [4.78, 5) is 35.7. The maximum absolute atomic E-state index is 12.6. The van der Waals surface area contributed by atoms with E-state index < -0.39 is 27.7 Å². The Morgan fingerprint density at radius 1 is 0.750 bits per heavy atom. The summed E-state index contributed by atoms with van der Waals surface area (Å²) < 4.78 is 27.6. The molecule has 0 bridgehead atoms. The third kappa shape index (κ3) is 5.62. The molecule has 164 valence electrons. The van der Waals surface area contributed by atoms with Gasteiger partial charge in [0.1, 0.15) is 0 Å². The molecule has 32 heavy (non-hydrogen) atoms. The van der Waals surface area contributed by atoms with Crippen LogP contribution in [0.1, 0.15) is 31.1 Å². The molecule has 3 aromatic carbocycles. The van der Waals surface area contributed by atoms with Gasteiger partial charge in [-0.15, -0.1) is 0 Å². The van der Waals surface area contributed by atoms with Crippen molar-refractivity contribution in [3.05, 3.63) is 94.5 Å². The highest BCUT2D eigenvalue weighted by molar-refractivity contribution is 7.92. The second kappa shape index (κ2) is 9.50. The lowest BCUT2D eigenvalue weighted by Gasteiger charge is -2.11. The van der Waals surface area contributed by atoms with E-state index in [9.17, 15) is 22.8 Å². The summed E-state index contributed by atoms with van der Waals surface area (Å²) in [5.41, 5.74) is 10.1. The molecule has 0 aliphatic carbocycles. The fourth-order valence-corrected chi connectivity index (χ4v) is 3.93. The van der Waals surface area contributed by atoms with E-state index in [0.717, 1.165) is 6.07 Å². The van der Waals surface area contributed by atoms with Crippen LogP contribution in [0.25, 0.3) is 0 Å². The van der Waals surface area contributed by atoms with E-state index in [2.05, 4.69) is 15.6 Å². The van der Waals surface area contributed by atoms with E-state index in [1.807, 2.05) is 0 Å². The summed E-state index contributed by atoms with van der Waals surface area (Å²) in [6.45, 7) is 0. The smallest absolute Gasteiger partial charge is 0.269 e. The molecule has 3 rings (SSSR count). The fraction of sp³-hybridized carbons (Fsp3) is 0. The predicted molar refractivity (Wildman–Crippen MR) is 119 cm³/mol. The molecule has 0 atom stereocenters. The molecule has 0 spiro atoms. The Morgan fingerprint density at radius 2 is 1.31 bits per heavy atom. The van der Waals surface area contributed by atoms with Crippen LogP contribution in [-0.2, 0) is 10.0 Å². The maximum Gasteiger partial charge on any atom is 0.269 e. The first-order valence-electron chi connectivity index (χ1n) is 9.05. The lowest BCUT2D eigenvalue weighted by atomic mass is 10.1. The number of amides is 3.